The summed E-state index contributed by atoms with van der Waals surface area (Å²) in [6.45, 7) is 16.8. The summed E-state index contributed by atoms with van der Waals surface area (Å²) < 4.78 is 0. The topological polar surface area (TPSA) is 103 Å². The Hall–Kier alpha value is -1.18. The minimum Gasteiger partial charge on any atom is -0.315 e. The Morgan fingerprint density at radius 1 is 0.500 bits per heavy atom. The Balaban J connectivity index is 1.27. The summed E-state index contributed by atoms with van der Waals surface area (Å²) >= 11 is 0. The number of nitrogens with zero attached hydrogens (tertiary/aromatic N) is 2. The molecule has 0 saturated carbocycles. The quantitative estimate of drug-likeness (QED) is 0.233. The van der Waals surface area contributed by atoms with Crippen LogP contribution in [0.25, 0.3) is 0 Å². The second kappa shape index (κ2) is 15.6. The summed E-state index contributed by atoms with van der Waals surface area (Å²) in [4.78, 5) is 5.35. The lowest BCUT2D eigenvalue weighted by atomic mass is 10.0. The first-order chi connectivity index (χ1) is 18.9. The van der Waals surface area contributed by atoms with Gasteiger partial charge in [0.15, 0.2) is 0 Å². The third kappa shape index (κ3) is 7.94. The molecule has 4 saturated heterocycles. The van der Waals surface area contributed by atoms with Gasteiger partial charge in [-0.05, 0) is 56.2 Å². The summed E-state index contributed by atoms with van der Waals surface area (Å²) in [5.74, 6) is 0. The lowest BCUT2D eigenvalue weighted by Gasteiger charge is -2.32. The Kier molecular flexibility index (Phi) is 11.6. The minimum atomic E-state index is 0.259. The van der Waals surface area contributed by atoms with Gasteiger partial charge in [0, 0.05) is 90.6 Å². The minimum absolute atomic E-state index is 0.259. The van der Waals surface area contributed by atoms with Gasteiger partial charge in [0.05, 0.1) is 12.3 Å². The van der Waals surface area contributed by atoms with Crippen molar-refractivity contribution < 1.29 is 0 Å². The smallest absolute Gasteiger partial charge is 0.0865 e. The average Bonchev–Trinajstić information content (AvgIpc) is 3.54. The molecule has 8 N–H and O–H groups in total. The van der Waals surface area contributed by atoms with Gasteiger partial charge in [0.1, 0.15) is 0 Å². The first kappa shape index (κ1) is 28.4. The molecule has 4 aliphatic heterocycles. The van der Waals surface area contributed by atoms with Crippen LogP contribution in [-0.2, 0) is 0 Å². The molecule has 4 heterocycles. The lowest BCUT2D eigenvalue weighted by molar-refractivity contribution is 0.183. The second-order valence-electron chi connectivity index (χ2n) is 11.2. The van der Waals surface area contributed by atoms with Gasteiger partial charge >= 0.3 is 0 Å². The highest BCUT2D eigenvalue weighted by molar-refractivity contribution is 5.30. The molecule has 0 spiro atoms. The van der Waals surface area contributed by atoms with Crippen LogP contribution in [0.4, 0.5) is 0 Å². The molecule has 4 aliphatic rings. The van der Waals surface area contributed by atoms with Gasteiger partial charge in [-0.25, -0.2) is 0 Å². The van der Waals surface area contributed by atoms with Gasteiger partial charge in [-0.3, -0.25) is 20.4 Å². The van der Waals surface area contributed by atoms with Crippen LogP contribution in [0.3, 0.4) is 0 Å². The highest BCUT2D eigenvalue weighted by atomic mass is 15.4. The lowest BCUT2D eigenvalue weighted by Crippen LogP contribution is -2.44. The maximum atomic E-state index is 3.86. The van der Waals surface area contributed by atoms with E-state index in [9.17, 15) is 0 Å². The molecule has 38 heavy (non-hydrogen) atoms. The summed E-state index contributed by atoms with van der Waals surface area (Å²) in [6.07, 6.45) is 2.88. The predicted octanol–water partition coefficient (Wildman–Crippen LogP) is -1.42. The van der Waals surface area contributed by atoms with Crippen LogP contribution in [0.2, 0.25) is 0 Å². The molecular weight excluding hydrogens is 476 g/mol. The van der Waals surface area contributed by atoms with Crippen LogP contribution < -0.4 is 42.5 Å². The van der Waals surface area contributed by atoms with E-state index in [-0.39, 0.29) is 12.3 Å². The van der Waals surface area contributed by atoms with Crippen LogP contribution in [0.5, 0.6) is 0 Å². The molecule has 5 rings (SSSR count). The number of benzene rings is 1. The van der Waals surface area contributed by atoms with E-state index in [1.165, 1.54) is 24.0 Å². The van der Waals surface area contributed by atoms with E-state index >= 15 is 0 Å². The average molecular weight is 529 g/mol. The van der Waals surface area contributed by atoms with E-state index < -0.39 is 0 Å². The fourth-order valence-corrected chi connectivity index (χ4v) is 6.39. The molecule has 0 amide bonds. The highest BCUT2D eigenvalue weighted by Crippen LogP contribution is 2.30. The summed E-state index contributed by atoms with van der Waals surface area (Å²) in [6, 6.07) is 10.4. The van der Waals surface area contributed by atoms with E-state index in [2.05, 4.69) is 76.6 Å². The third-order valence-corrected chi connectivity index (χ3v) is 8.46. The van der Waals surface area contributed by atoms with Gasteiger partial charge in [-0.15, -0.1) is 0 Å². The van der Waals surface area contributed by atoms with Crippen molar-refractivity contribution in [2.75, 3.05) is 105 Å². The molecular formula is C28H52N10. The van der Waals surface area contributed by atoms with Crippen LogP contribution >= 0.6 is 0 Å². The molecule has 4 atom stereocenters. The first-order valence-electron chi connectivity index (χ1n) is 15.2. The zero-order valence-electron chi connectivity index (χ0n) is 23.2. The van der Waals surface area contributed by atoms with Crippen LogP contribution in [0, 0.1) is 0 Å². The number of hydrogen-bond donors (Lipinski definition) is 8. The molecule has 1 aromatic carbocycles. The van der Waals surface area contributed by atoms with Crippen LogP contribution in [-0.4, -0.2) is 127 Å². The fraction of sp³-hybridized carbons (Fsp3) is 0.786. The molecule has 0 aliphatic carbocycles. The van der Waals surface area contributed by atoms with Gasteiger partial charge in [0.2, 0.25) is 0 Å². The summed E-state index contributed by atoms with van der Waals surface area (Å²) in [5, 5.41) is 29.5. The Morgan fingerprint density at radius 3 is 1.45 bits per heavy atom. The molecule has 214 valence electrons. The SMILES string of the molecule is c1cc([C@@H]2NC[C@@H]3CNCCNCCCNCCN32)cc([C@@H]2NC[C@@H]3CNCCNCCCNCCN32)c1. The van der Waals surface area contributed by atoms with Crippen LogP contribution in [0.15, 0.2) is 24.3 Å². The fourth-order valence-electron chi connectivity index (χ4n) is 6.39. The second-order valence-corrected chi connectivity index (χ2v) is 11.2. The van der Waals surface area contributed by atoms with Gasteiger partial charge < -0.3 is 31.9 Å². The maximum Gasteiger partial charge on any atom is 0.0865 e. The van der Waals surface area contributed by atoms with Crippen molar-refractivity contribution in [3.05, 3.63) is 35.4 Å². The Morgan fingerprint density at radius 2 is 0.947 bits per heavy atom. The number of rotatable bonds is 2. The monoisotopic (exact) mass is 528 g/mol. The molecule has 0 radical (unpaired) electrons. The zero-order valence-corrected chi connectivity index (χ0v) is 23.2. The highest BCUT2D eigenvalue weighted by Gasteiger charge is 2.36. The molecule has 1 aromatic rings. The molecule has 4 fully saturated rings. The normalized spacial score (nSPS) is 32.4. The van der Waals surface area contributed by atoms with Crippen molar-refractivity contribution in [1.29, 1.82) is 0 Å². The van der Waals surface area contributed by atoms with E-state index in [0.29, 0.717) is 12.1 Å². The van der Waals surface area contributed by atoms with Crippen molar-refractivity contribution in [2.45, 2.75) is 37.3 Å². The largest absolute Gasteiger partial charge is 0.315 e. The van der Waals surface area contributed by atoms with E-state index in [1.54, 1.807) is 0 Å². The number of nitrogens with one attached hydrogen (secondary N) is 8. The van der Waals surface area contributed by atoms with Crippen molar-refractivity contribution in [1.82, 2.24) is 52.3 Å². The van der Waals surface area contributed by atoms with E-state index in [1.807, 2.05) is 0 Å². The number of hydrogen-bond acceptors (Lipinski definition) is 10. The van der Waals surface area contributed by atoms with Crippen molar-refractivity contribution in [3.63, 3.8) is 0 Å². The first-order valence-corrected chi connectivity index (χ1v) is 15.2. The summed E-state index contributed by atoms with van der Waals surface area (Å²) in [5.41, 5.74) is 2.77. The molecule has 10 heteroatoms. The summed E-state index contributed by atoms with van der Waals surface area (Å²) in [7, 11) is 0. The standard InChI is InChI=1S/C28H52N10/c1-4-23(27-35-21-25-19-33-12-10-29-6-2-8-31-14-16-37(25)27)18-24(5-1)28-36-22-26-20-34-13-11-30-7-3-9-32-15-17-38(26)28/h1,4-5,18,25-36H,2-3,6-17,19-22H2/t25-,26-,27+,28+/m0/s1. The zero-order chi connectivity index (χ0) is 25.8. The number of fused-ring (bicyclic) bond motifs is 2. The van der Waals surface area contributed by atoms with Gasteiger partial charge in [0.25, 0.3) is 0 Å². The van der Waals surface area contributed by atoms with Crippen LogP contribution in [0.1, 0.15) is 36.3 Å². The molecule has 10 nitrogen and oxygen atoms in total. The Bertz CT molecular complexity index is 748. The molecule has 0 unspecified atom stereocenters. The van der Waals surface area contributed by atoms with Gasteiger partial charge in [-0.2, -0.15) is 0 Å². The Labute approximate surface area is 229 Å². The molecule has 0 bridgehead atoms. The van der Waals surface area contributed by atoms with E-state index in [0.717, 1.165) is 105 Å². The van der Waals surface area contributed by atoms with Gasteiger partial charge in [-0.1, -0.05) is 18.2 Å². The van der Waals surface area contributed by atoms with Crippen molar-refractivity contribution >= 4 is 0 Å². The van der Waals surface area contributed by atoms with E-state index in [4.69, 9.17) is 0 Å². The molecule has 0 aromatic heterocycles. The maximum absolute atomic E-state index is 3.86. The third-order valence-electron chi connectivity index (χ3n) is 8.46. The predicted molar refractivity (Wildman–Crippen MR) is 155 cm³/mol. The van der Waals surface area contributed by atoms with Crippen molar-refractivity contribution in [2.24, 2.45) is 0 Å². The van der Waals surface area contributed by atoms with Crippen molar-refractivity contribution in [3.8, 4) is 0 Å².